The van der Waals surface area contributed by atoms with Crippen LogP contribution in [0.2, 0.25) is 0 Å². The molecular weight excluding hydrogens is 502 g/mol. The van der Waals surface area contributed by atoms with Crippen molar-refractivity contribution >= 4 is 5.97 Å². The first-order chi connectivity index (χ1) is 20.0. The predicted octanol–water partition coefficient (Wildman–Crippen LogP) is 9.84. The number of esters is 1. The number of fused-ring (bicyclic) bond motifs is 4. The van der Waals surface area contributed by atoms with E-state index in [-0.39, 0.29) is 11.4 Å². The van der Waals surface area contributed by atoms with E-state index in [4.69, 9.17) is 4.74 Å². The second-order valence-electron chi connectivity index (χ2n) is 11.9. The quantitative estimate of drug-likeness (QED) is 0.0826. The van der Waals surface area contributed by atoms with E-state index in [0.717, 1.165) is 63.7 Å². The zero-order chi connectivity index (χ0) is 29.3. The van der Waals surface area contributed by atoms with Crippen molar-refractivity contribution in [2.75, 3.05) is 13.6 Å². The molecule has 1 aliphatic carbocycles. The second kappa shape index (κ2) is 18.0. The monoisotopic (exact) mass is 557 g/mol. The number of benzene rings is 1. The molecule has 1 unspecified atom stereocenters. The van der Waals surface area contributed by atoms with Crippen molar-refractivity contribution < 1.29 is 9.53 Å². The molecular formula is C38H55NO2. The molecule has 1 saturated heterocycles. The number of carbonyl (C=O) groups is 1. The molecule has 0 aromatic heterocycles. The fourth-order valence-electron chi connectivity index (χ4n) is 6.61. The standard InChI is InChI=1S/C38H55NO2/c1-5-7-9-10-11-12-13-14-15-16-17-18-19-20-21-22-23-24-37(40)41-34-26-25-33-30-36-32(3)38(27-8-6-2,35(33)31-34)28-29-39(36)4/h7,9,11-12,14-15,17-18,20-21,25-26,31-32,36H,5-6,8,10,13,16,19,22-24,27-30H2,1-4H3/b9-7-,12-11-,15-14-,18-17-,21-20-/t32?,36-,38-/m0/s1. The smallest absolute Gasteiger partial charge is 0.311 e. The number of piperidine rings is 1. The second-order valence-corrected chi connectivity index (χ2v) is 11.9. The SMILES string of the molecule is CC/C=C\C/C=C\C/C=C\C/C=C\C/C=C\CCCC(=O)Oc1ccc2c(c1)[C@@]1(CCCC)CCN(C)[C@@H](C2)C1C. The third-order valence-electron chi connectivity index (χ3n) is 9.09. The van der Waals surface area contributed by atoms with Gasteiger partial charge in [0, 0.05) is 17.9 Å². The van der Waals surface area contributed by atoms with Crippen LogP contribution < -0.4 is 4.74 Å². The first-order valence-electron chi connectivity index (χ1n) is 16.3. The third kappa shape index (κ3) is 9.99. The van der Waals surface area contributed by atoms with Gasteiger partial charge in [0.15, 0.2) is 0 Å². The molecule has 3 heteroatoms. The van der Waals surface area contributed by atoms with Gasteiger partial charge in [-0.3, -0.25) is 4.79 Å². The molecule has 0 N–H and O–H groups in total. The van der Waals surface area contributed by atoms with Crippen molar-refractivity contribution in [1.29, 1.82) is 0 Å². The lowest BCUT2D eigenvalue weighted by molar-refractivity contribution is -0.134. The number of carbonyl (C=O) groups excluding carboxylic acids is 1. The Bertz CT molecular complexity index is 1070. The summed E-state index contributed by atoms with van der Waals surface area (Å²) in [5.41, 5.74) is 3.11. The van der Waals surface area contributed by atoms with E-state index in [0.29, 0.717) is 18.4 Å². The predicted molar refractivity (Wildman–Crippen MR) is 175 cm³/mol. The third-order valence-corrected chi connectivity index (χ3v) is 9.09. The Balaban J connectivity index is 1.37. The summed E-state index contributed by atoms with van der Waals surface area (Å²) in [7, 11) is 2.28. The molecule has 1 heterocycles. The molecule has 1 aromatic rings. The average molecular weight is 558 g/mol. The summed E-state index contributed by atoms with van der Waals surface area (Å²) < 4.78 is 5.85. The van der Waals surface area contributed by atoms with Gasteiger partial charge < -0.3 is 9.64 Å². The van der Waals surface area contributed by atoms with Gasteiger partial charge in [-0.25, -0.2) is 0 Å². The van der Waals surface area contributed by atoms with Gasteiger partial charge in [-0.1, -0.05) is 100 Å². The lowest BCUT2D eigenvalue weighted by Gasteiger charge is -2.55. The van der Waals surface area contributed by atoms with Crippen LogP contribution >= 0.6 is 0 Å². The normalized spacial score (nSPS) is 23.0. The van der Waals surface area contributed by atoms with Gasteiger partial charge in [-0.15, -0.1) is 0 Å². The number of allylic oxidation sites excluding steroid dienone is 10. The van der Waals surface area contributed by atoms with Crippen LogP contribution in [0, 0.1) is 5.92 Å². The largest absolute Gasteiger partial charge is 0.427 e. The van der Waals surface area contributed by atoms with Crippen LogP contribution in [-0.2, 0) is 16.6 Å². The summed E-state index contributed by atoms with van der Waals surface area (Å²) in [4.78, 5) is 15.2. The van der Waals surface area contributed by atoms with Crippen molar-refractivity contribution in [1.82, 2.24) is 4.90 Å². The summed E-state index contributed by atoms with van der Waals surface area (Å²) in [6.45, 7) is 8.05. The number of rotatable bonds is 17. The zero-order valence-corrected chi connectivity index (χ0v) is 26.3. The Morgan fingerprint density at radius 3 is 2.20 bits per heavy atom. The van der Waals surface area contributed by atoms with E-state index >= 15 is 0 Å². The van der Waals surface area contributed by atoms with Crippen molar-refractivity contribution in [2.45, 2.75) is 116 Å². The first-order valence-corrected chi connectivity index (χ1v) is 16.3. The van der Waals surface area contributed by atoms with Gasteiger partial charge in [0.05, 0.1) is 0 Å². The number of hydrogen-bond acceptors (Lipinski definition) is 3. The highest BCUT2D eigenvalue weighted by molar-refractivity contribution is 5.72. The Hall–Kier alpha value is -2.65. The Morgan fingerprint density at radius 1 is 0.927 bits per heavy atom. The van der Waals surface area contributed by atoms with Crippen LogP contribution in [0.3, 0.4) is 0 Å². The van der Waals surface area contributed by atoms with E-state index in [1.54, 1.807) is 0 Å². The fraction of sp³-hybridized carbons (Fsp3) is 0.553. The van der Waals surface area contributed by atoms with E-state index in [9.17, 15) is 4.79 Å². The maximum atomic E-state index is 12.6. The number of hydrogen-bond donors (Lipinski definition) is 0. The molecule has 0 radical (unpaired) electrons. The highest BCUT2D eigenvalue weighted by Gasteiger charge is 2.49. The van der Waals surface area contributed by atoms with Crippen LogP contribution in [0.4, 0.5) is 0 Å². The van der Waals surface area contributed by atoms with Gasteiger partial charge in [-0.2, -0.15) is 0 Å². The molecule has 41 heavy (non-hydrogen) atoms. The van der Waals surface area contributed by atoms with Crippen LogP contribution in [0.5, 0.6) is 5.75 Å². The molecule has 0 spiro atoms. The van der Waals surface area contributed by atoms with Crippen LogP contribution in [0.1, 0.15) is 109 Å². The Labute approximate surface area is 251 Å². The van der Waals surface area contributed by atoms with E-state index in [1.165, 1.54) is 36.8 Å². The minimum atomic E-state index is -0.120. The molecule has 1 aliphatic heterocycles. The Kier molecular flexibility index (Phi) is 14.4. The molecule has 3 atom stereocenters. The molecule has 3 nitrogen and oxygen atoms in total. The molecule has 0 saturated carbocycles. The fourth-order valence-corrected chi connectivity index (χ4v) is 6.61. The Morgan fingerprint density at radius 2 is 1.56 bits per heavy atom. The number of ether oxygens (including phenoxy) is 1. The van der Waals surface area contributed by atoms with E-state index in [2.05, 4.69) is 106 Å². The van der Waals surface area contributed by atoms with Crippen LogP contribution in [0.25, 0.3) is 0 Å². The average Bonchev–Trinajstić information content (AvgIpc) is 2.97. The molecule has 1 fully saturated rings. The lowest BCUT2D eigenvalue weighted by Crippen LogP contribution is -2.57. The lowest BCUT2D eigenvalue weighted by atomic mass is 9.56. The molecule has 3 rings (SSSR count). The number of unbranched alkanes of at least 4 members (excludes halogenated alkanes) is 2. The maximum Gasteiger partial charge on any atom is 0.311 e. The first kappa shape index (κ1) is 32.9. The van der Waals surface area contributed by atoms with Crippen LogP contribution in [-0.4, -0.2) is 30.5 Å². The summed E-state index contributed by atoms with van der Waals surface area (Å²) >= 11 is 0. The van der Waals surface area contributed by atoms with E-state index in [1.807, 2.05) is 6.07 Å². The molecule has 2 bridgehead atoms. The highest BCUT2D eigenvalue weighted by atomic mass is 16.5. The van der Waals surface area contributed by atoms with Gasteiger partial charge >= 0.3 is 5.97 Å². The topological polar surface area (TPSA) is 29.5 Å². The number of nitrogens with zero attached hydrogens (tertiary/aromatic N) is 1. The summed E-state index contributed by atoms with van der Waals surface area (Å²) in [6, 6.07) is 7.07. The van der Waals surface area contributed by atoms with Crippen molar-refractivity contribution in [2.24, 2.45) is 5.92 Å². The van der Waals surface area contributed by atoms with Crippen molar-refractivity contribution in [3.8, 4) is 5.75 Å². The minimum Gasteiger partial charge on any atom is -0.427 e. The summed E-state index contributed by atoms with van der Waals surface area (Å²) in [5.74, 6) is 1.23. The maximum absolute atomic E-state index is 12.6. The minimum absolute atomic E-state index is 0.120. The van der Waals surface area contributed by atoms with Gasteiger partial charge in [0.25, 0.3) is 0 Å². The molecule has 0 amide bonds. The molecule has 224 valence electrons. The number of likely N-dealkylation sites (tertiary alicyclic amines) is 1. The van der Waals surface area contributed by atoms with Crippen molar-refractivity contribution in [3.63, 3.8) is 0 Å². The highest BCUT2D eigenvalue weighted by Crippen LogP contribution is 2.52. The van der Waals surface area contributed by atoms with E-state index < -0.39 is 0 Å². The van der Waals surface area contributed by atoms with Gasteiger partial charge in [-0.05, 0) is 107 Å². The van der Waals surface area contributed by atoms with Gasteiger partial charge in [0.2, 0.25) is 0 Å². The molecule has 2 aliphatic rings. The molecule has 1 aromatic carbocycles. The summed E-state index contributed by atoms with van der Waals surface area (Å²) in [6.07, 6.45) is 35.3. The zero-order valence-electron chi connectivity index (χ0n) is 26.3. The van der Waals surface area contributed by atoms with Crippen molar-refractivity contribution in [3.05, 3.63) is 90.1 Å². The number of likely N-dealkylation sites (N-methyl/N-ethyl adjacent to an activating group) is 1. The van der Waals surface area contributed by atoms with Crippen LogP contribution in [0.15, 0.2) is 79.0 Å². The van der Waals surface area contributed by atoms with Gasteiger partial charge in [0.1, 0.15) is 5.75 Å². The summed E-state index contributed by atoms with van der Waals surface area (Å²) in [5, 5.41) is 0.